The predicted octanol–water partition coefficient (Wildman–Crippen LogP) is 0.820. The van der Waals surface area contributed by atoms with E-state index in [2.05, 4.69) is 5.32 Å². The first-order valence-electron chi connectivity index (χ1n) is 4.87. The molecular formula is C9H18N2S. The van der Waals surface area contributed by atoms with Crippen LogP contribution < -0.4 is 11.1 Å². The Kier molecular flexibility index (Phi) is 2.63. The van der Waals surface area contributed by atoms with Crippen molar-refractivity contribution < 1.29 is 0 Å². The van der Waals surface area contributed by atoms with Gasteiger partial charge in [-0.15, -0.1) is 0 Å². The van der Waals surface area contributed by atoms with Gasteiger partial charge in [-0.3, -0.25) is 0 Å². The van der Waals surface area contributed by atoms with Crippen molar-refractivity contribution in [2.45, 2.75) is 24.8 Å². The van der Waals surface area contributed by atoms with Gasteiger partial charge in [0.05, 0.1) is 0 Å². The van der Waals surface area contributed by atoms with E-state index in [1.807, 2.05) is 11.8 Å². The van der Waals surface area contributed by atoms with E-state index in [1.54, 1.807) is 0 Å². The molecule has 2 rings (SSSR count). The third kappa shape index (κ3) is 1.95. The SMILES string of the molecule is NCC1(NCC2CC2)CCSC1. The fourth-order valence-electron chi connectivity index (χ4n) is 1.66. The number of nitrogens with two attached hydrogens (primary N) is 1. The standard InChI is InChI=1S/C9H18N2S/c10-6-9(3-4-12-7-9)11-5-8-1-2-8/h8,11H,1-7,10H2. The van der Waals surface area contributed by atoms with Crippen LogP contribution in [0.15, 0.2) is 0 Å². The average Bonchev–Trinajstić information content (AvgIpc) is 2.82. The van der Waals surface area contributed by atoms with Crippen LogP contribution in [0.25, 0.3) is 0 Å². The van der Waals surface area contributed by atoms with Crippen LogP contribution in [0.5, 0.6) is 0 Å². The van der Waals surface area contributed by atoms with Crippen LogP contribution in [0.4, 0.5) is 0 Å². The maximum atomic E-state index is 5.80. The summed E-state index contributed by atoms with van der Waals surface area (Å²) in [5.41, 5.74) is 6.10. The summed E-state index contributed by atoms with van der Waals surface area (Å²) in [7, 11) is 0. The Morgan fingerprint density at radius 2 is 2.33 bits per heavy atom. The normalized spacial score (nSPS) is 35.8. The molecule has 0 amide bonds. The van der Waals surface area contributed by atoms with Gasteiger partial charge in [-0.2, -0.15) is 11.8 Å². The molecule has 3 N–H and O–H groups in total. The van der Waals surface area contributed by atoms with Crippen molar-refractivity contribution >= 4 is 11.8 Å². The molecule has 12 heavy (non-hydrogen) atoms. The molecule has 1 atom stereocenters. The van der Waals surface area contributed by atoms with Gasteiger partial charge in [-0.1, -0.05) is 0 Å². The third-order valence-corrected chi connectivity index (χ3v) is 4.21. The second-order valence-corrected chi connectivity index (χ2v) is 5.22. The van der Waals surface area contributed by atoms with E-state index in [0.29, 0.717) is 5.54 Å². The zero-order chi connectivity index (χ0) is 8.44. The molecule has 0 radical (unpaired) electrons. The summed E-state index contributed by atoms with van der Waals surface area (Å²) in [6, 6.07) is 0. The molecular weight excluding hydrogens is 168 g/mol. The highest BCUT2D eigenvalue weighted by atomic mass is 32.2. The highest BCUT2D eigenvalue weighted by Crippen LogP contribution is 2.31. The minimum Gasteiger partial charge on any atom is -0.329 e. The molecule has 1 saturated carbocycles. The second-order valence-electron chi connectivity index (χ2n) is 4.11. The van der Waals surface area contributed by atoms with E-state index < -0.39 is 0 Å². The monoisotopic (exact) mass is 186 g/mol. The van der Waals surface area contributed by atoms with Crippen LogP contribution in [-0.2, 0) is 0 Å². The van der Waals surface area contributed by atoms with Crippen LogP contribution in [0.2, 0.25) is 0 Å². The Labute approximate surface area is 78.7 Å². The van der Waals surface area contributed by atoms with Gasteiger partial charge in [0, 0.05) is 17.8 Å². The Hall–Kier alpha value is 0.270. The van der Waals surface area contributed by atoms with Gasteiger partial charge >= 0.3 is 0 Å². The van der Waals surface area contributed by atoms with E-state index >= 15 is 0 Å². The number of rotatable bonds is 4. The summed E-state index contributed by atoms with van der Waals surface area (Å²) in [5.74, 6) is 3.48. The molecule has 0 bridgehead atoms. The molecule has 2 nitrogen and oxygen atoms in total. The first-order chi connectivity index (χ1) is 5.85. The zero-order valence-electron chi connectivity index (χ0n) is 7.51. The molecule has 1 aliphatic carbocycles. The van der Waals surface area contributed by atoms with Crippen LogP contribution in [0.1, 0.15) is 19.3 Å². The number of hydrogen-bond acceptors (Lipinski definition) is 3. The minimum atomic E-state index is 0.299. The molecule has 0 aromatic rings. The summed E-state index contributed by atoms with van der Waals surface area (Å²) in [6.45, 7) is 2.02. The lowest BCUT2D eigenvalue weighted by atomic mass is 9.99. The molecule has 1 heterocycles. The van der Waals surface area contributed by atoms with E-state index in [0.717, 1.165) is 12.5 Å². The van der Waals surface area contributed by atoms with Gasteiger partial charge < -0.3 is 11.1 Å². The Morgan fingerprint density at radius 3 is 2.83 bits per heavy atom. The van der Waals surface area contributed by atoms with Crippen molar-refractivity contribution in [2.24, 2.45) is 11.7 Å². The van der Waals surface area contributed by atoms with Crippen LogP contribution in [-0.4, -0.2) is 30.1 Å². The summed E-state index contributed by atoms with van der Waals surface area (Å²) in [5, 5.41) is 3.66. The highest BCUT2D eigenvalue weighted by molar-refractivity contribution is 7.99. The third-order valence-electron chi connectivity index (χ3n) is 2.96. The topological polar surface area (TPSA) is 38.0 Å². The fourth-order valence-corrected chi connectivity index (χ4v) is 3.10. The number of thioether (sulfide) groups is 1. The molecule has 1 aliphatic heterocycles. The first-order valence-corrected chi connectivity index (χ1v) is 6.03. The lowest BCUT2D eigenvalue weighted by Gasteiger charge is -2.28. The van der Waals surface area contributed by atoms with Gasteiger partial charge in [-0.25, -0.2) is 0 Å². The van der Waals surface area contributed by atoms with Gasteiger partial charge in [0.1, 0.15) is 0 Å². The summed E-state index contributed by atoms with van der Waals surface area (Å²) in [6.07, 6.45) is 4.13. The number of nitrogens with one attached hydrogen (secondary N) is 1. The van der Waals surface area contributed by atoms with Crippen molar-refractivity contribution in [3.05, 3.63) is 0 Å². The molecule has 0 aromatic heterocycles. The van der Waals surface area contributed by atoms with Crippen molar-refractivity contribution in [3.8, 4) is 0 Å². The van der Waals surface area contributed by atoms with Gasteiger partial charge in [0.15, 0.2) is 0 Å². The first kappa shape index (κ1) is 8.85. The van der Waals surface area contributed by atoms with Gasteiger partial charge in [0.25, 0.3) is 0 Å². The summed E-state index contributed by atoms with van der Waals surface area (Å²) >= 11 is 2.04. The van der Waals surface area contributed by atoms with Crippen LogP contribution in [0, 0.1) is 5.92 Å². The van der Waals surface area contributed by atoms with E-state index in [9.17, 15) is 0 Å². The maximum absolute atomic E-state index is 5.80. The Bertz CT molecular complexity index is 151. The molecule has 70 valence electrons. The molecule has 0 spiro atoms. The van der Waals surface area contributed by atoms with E-state index in [-0.39, 0.29) is 0 Å². The predicted molar refractivity (Wildman–Crippen MR) is 54.5 cm³/mol. The molecule has 2 aliphatic rings. The zero-order valence-corrected chi connectivity index (χ0v) is 8.33. The molecule has 0 aromatic carbocycles. The second kappa shape index (κ2) is 3.56. The van der Waals surface area contributed by atoms with Crippen molar-refractivity contribution in [2.75, 3.05) is 24.6 Å². The smallest absolute Gasteiger partial charge is 0.0403 e. The largest absolute Gasteiger partial charge is 0.329 e. The van der Waals surface area contributed by atoms with Crippen molar-refractivity contribution in [1.82, 2.24) is 5.32 Å². The molecule has 1 unspecified atom stereocenters. The van der Waals surface area contributed by atoms with Crippen molar-refractivity contribution in [1.29, 1.82) is 0 Å². The number of hydrogen-bond donors (Lipinski definition) is 2. The lowest BCUT2D eigenvalue weighted by molar-refractivity contribution is 0.367. The molecule has 2 fully saturated rings. The average molecular weight is 186 g/mol. The fraction of sp³-hybridized carbons (Fsp3) is 1.00. The summed E-state index contributed by atoms with van der Waals surface area (Å²) in [4.78, 5) is 0. The molecule has 1 saturated heterocycles. The van der Waals surface area contributed by atoms with Crippen LogP contribution >= 0.6 is 11.8 Å². The molecule has 3 heteroatoms. The maximum Gasteiger partial charge on any atom is 0.0403 e. The van der Waals surface area contributed by atoms with E-state index in [4.69, 9.17) is 5.73 Å². The summed E-state index contributed by atoms with van der Waals surface area (Å²) < 4.78 is 0. The van der Waals surface area contributed by atoms with Crippen molar-refractivity contribution in [3.63, 3.8) is 0 Å². The Balaban J connectivity index is 1.79. The van der Waals surface area contributed by atoms with E-state index in [1.165, 1.54) is 37.3 Å². The van der Waals surface area contributed by atoms with Gasteiger partial charge in [-0.05, 0) is 37.5 Å². The quantitative estimate of drug-likeness (QED) is 0.683. The van der Waals surface area contributed by atoms with Crippen LogP contribution in [0.3, 0.4) is 0 Å². The van der Waals surface area contributed by atoms with Gasteiger partial charge in [0.2, 0.25) is 0 Å². The lowest BCUT2D eigenvalue weighted by Crippen LogP contribution is -2.52. The highest BCUT2D eigenvalue weighted by Gasteiger charge is 2.34. The Morgan fingerprint density at radius 1 is 1.50 bits per heavy atom. The minimum absolute atomic E-state index is 0.299.